The lowest BCUT2D eigenvalue weighted by atomic mass is 10.0. The Morgan fingerprint density at radius 3 is 2.06 bits per heavy atom. The third-order valence-corrected chi connectivity index (χ3v) is 2.27. The summed E-state index contributed by atoms with van der Waals surface area (Å²) in [5.41, 5.74) is 1.96. The molecule has 0 aromatic heterocycles. The van der Waals surface area contributed by atoms with Gasteiger partial charge in [-0.25, -0.2) is 4.79 Å². The summed E-state index contributed by atoms with van der Waals surface area (Å²) < 4.78 is 0. The Hall–Kier alpha value is -1.64. The fourth-order valence-electron chi connectivity index (χ4n) is 1.53. The Morgan fingerprint density at radius 2 is 1.62 bits per heavy atom. The van der Waals surface area contributed by atoms with E-state index in [0.29, 0.717) is 5.92 Å². The van der Waals surface area contributed by atoms with Crippen molar-refractivity contribution in [2.45, 2.75) is 26.7 Å². The molecule has 16 heavy (non-hydrogen) atoms. The summed E-state index contributed by atoms with van der Waals surface area (Å²) in [5.74, 6) is -1.55. The highest BCUT2D eigenvalue weighted by Crippen LogP contribution is 2.10. The zero-order chi connectivity index (χ0) is 12.1. The molecule has 0 atom stereocenters. The van der Waals surface area contributed by atoms with E-state index in [1.807, 2.05) is 24.3 Å². The van der Waals surface area contributed by atoms with E-state index in [-0.39, 0.29) is 6.42 Å². The molecule has 0 radical (unpaired) electrons. The lowest BCUT2D eigenvalue weighted by Gasteiger charge is -2.05. The van der Waals surface area contributed by atoms with Crippen LogP contribution in [0.4, 0.5) is 0 Å². The molecular formula is C13H16O3. The summed E-state index contributed by atoms with van der Waals surface area (Å²) in [7, 11) is 0. The Kier molecular flexibility index (Phi) is 4.23. The van der Waals surface area contributed by atoms with E-state index in [1.54, 1.807) is 0 Å². The van der Waals surface area contributed by atoms with Crippen LogP contribution >= 0.6 is 0 Å². The Bertz CT molecular complexity index is 377. The number of hydrogen-bond acceptors (Lipinski definition) is 2. The summed E-state index contributed by atoms with van der Waals surface area (Å²) in [5, 5.41) is 8.47. The monoisotopic (exact) mass is 220 g/mol. The normalized spacial score (nSPS) is 10.4. The molecule has 3 heteroatoms. The molecule has 0 fully saturated rings. The van der Waals surface area contributed by atoms with Crippen molar-refractivity contribution in [2.24, 2.45) is 5.92 Å². The number of carboxylic acids is 1. The fourth-order valence-corrected chi connectivity index (χ4v) is 1.53. The van der Waals surface area contributed by atoms with E-state index in [0.717, 1.165) is 12.0 Å². The third kappa shape index (κ3) is 3.85. The number of hydrogen-bond donors (Lipinski definition) is 1. The quantitative estimate of drug-likeness (QED) is 0.773. The first-order chi connectivity index (χ1) is 7.49. The number of rotatable bonds is 5. The van der Waals surface area contributed by atoms with Gasteiger partial charge in [0.05, 0.1) is 0 Å². The van der Waals surface area contributed by atoms with Gasteiger partial charge in [0.2, 0.25) is 5.78 Å². The van der Waals surface area contributed by atoms with Crippen LogP contribution < -0.4 is 0 Å². The van der Waals surface area contributed by atoms with E-state index in [1.165, 1.54) is 5.56 Å². The van der Waals surface area contributed by atoms with Crippen molar-refractivity contribution >= 4 is 11.8 Å². The lowest BCUT2D eigenvalue weighted by Crippen LogP contribution is -2.14. The van der Waals surface area contributed by atoms with Crippen molar-refractivity contribution in [3.63, 3.8) is 0 Å². The number of aliphatic carboxylic acids is 1. The molecule has 1 N–H and O–H groups in total. The topological polar surface area (TPSA) is 54.4 Å². The molecule has 0 heterocycles. The SMILES string of the molecule is CC(C)Cc1ccc(CC(=O)C(=O)O)cc1. The Morgan fingerprint density at radius 1 is 1.12 bits per heavy atom. The molecule has 0 saturated heterocycles. The van der Waals surface area contributed by atoms with Crippen molar-refractivity contribution in [1.82, 2.24) is 0 Å². The first kappa shape index (κ1) is 12.4. The first-order valence-electron chi connectivity index (χ1n) is 5.33. The van der Waals surface area contributed by atoms with E-state index in [9.17, 15) is 9.59 Å². The third-order valence-electron chi connectivity index (χ3n) is 2.27. The van der Waals surface area contributed by atoms with Gasteiger partial charge in [0.1, 0.15) is 0 Å². The van der Waals surface area contributed by atoms with Gasteiger partial charge in [0.25, 0.3) is 0 Å². The van der Waals surface area contributed by atoms with Crippen molar-refractivity contribution in [1.29, 1.82) is 0 Å². The largest absolute Gasteiger partial charge is 0.475 e. The van der Waals surface area contributed by atoms with E-state index < -0.39 is 11.8 Å². The standard InChI is InChI=1S/C13H16O3/c1-9(2)7-10-3-5-11(6-4-10)8-12(14)13(15)16/h3-6,9H,7-8H2,1-2H3,(H,15,16). The summed E-state index contributed by atoms with van der Waals surface area (Å²) in [6.45, 7) is 4.28. The maximum Gasteiger partial charge on any atom is 0.372 e. The molecule has 3 nitrogen and oxygen atoms in total. The number of Topliss-reactive ketones (excluding diaryl/α,β-unsaturated/α-hetero) is 1. The molecule has 0 amide bonds. The molecule has 0 aliphatic carbocycles. The van der Waals surface area contributed by atoms with Crippen LogP contribution in [0.5, 0.6) is 0 Å². The Balaban J connectivity index is 2.64. The van der Waals surface area contributed by atoms with E-state index in [4.69, 9.17) is 5.11 Å². The molecule has 86 valence electrons. The average Bonchev–Trinajstić information content (AvgIpc) is 2.20. The maximum atomic E-state index is 11.0. The second kappa shape index (κ2) is 5.45. The Labute approximate surface area is 95.1 Å². The first-order valence-corrected chi connectivity index (χ1v) is 5.33. The molecule has 0 unspecified atom stereocenters. The van der Waals surface area contributed by atoms with Crippen LogP contribution in [-0.4, -0.2) is 16.9 Å². The van der Waals surface area contributed by atoms with Crippen LogP contribution in [0.25, 0.3) is 0 Å². The van der Waals surface area contributed by atoms with Crippen LogP contribution in [0.3, 0.4) is 0 Å². The van der Waals surface area contributed by atoms with Crippen molar-refractivity contribution in [3.05, 3.63) is 35.4 Å². The molecule has 0 saturated carbocycles. The van der Waals surface area contributed by atoms with E-state index >= 15 is 0 Å². The van der Waals surface area contributed by atoms with Crippen LogP contribution in [0, 0.1) is 5.92 Å². The van der Waals surface area contributed by atoms with Gasteiger partial charge in [0, 0.05) is 6.42 Å². The number of benzene rings is 1. The molecule has 1 rings (SSSR count). The number of carbonyl (C=O) groups excluding carboxylic acids is 1. The van der Waals surface area contributed by atoms with Gasteiger partial charge >= 0.3 is 5.97 Å². The summed E-state index contributed by atoms with van der Waals surface area (Å²) in [4.78, 5) is 21.3. The minimum Gasteiger partial charge on any atom is -0.475 e. The van der Waals surface area contributed by atoms with Gasteiger partial charge in [-0.2, -0.15) is 0 Å². The number of carboxylic acid groups (broad SMARTS) is 1. The van der Waals surface area contributed by atoms with Gasteiger partial charge in [-0.15, -0.1) is 0 Å². The molecule has 0 aliphatic heterocycles. The van der Waals surface area contributed by atoms with Crippen LogP contribution in [0.2, 0.25) is 0 Å². The molecule has 1 aromatic rings. The molecular weight excluding hydrogens is 204 g/mol. The highest BCUT2D eigenvalue weighted by Gasteiger charge is 2.11. The van der Waals surface area contributed by atoms with Crippen LogP contribution in [0.15, 0.2) is 24.3 Å². The predicted octanol–water partition coefficient (Wildman–Crippen LogP) is 2.08. The van der Waals surface area contributed by atoms with Crippen molar-refractivity contribution < 1.29 is 14.7 Å². The molecule has 0 spiro atoms. The van der Waals surface area contributed by atoms with Crippen molar-refractivity contribution in [3.8, 4) is 0 Å². The average molecular weight is 220 g/mol. The number of ketones is 1. The lowest BCUT2D eigenvalue weighted by molar-refractivity contribution is -0.148. The zero-order valence-corrected chi connectivity index (χ0v) is 9.56. The van der Waals surface area contributed by atoms with Gasteiger partial charge < -0.3 is 5.11 Å². The van der Waals surface area contributed by atoms with Crippen LogP contribution in [-0.2, 0) is 22.4 Å². The molecule has 0 bridgehead atoms. The fraction of sp³-hybridized carbons (Fsp3) is 0.385. The number of carbonyl (C=O) groups is 2. The summed E-state index contributed by atoms with van der Waals surface area (Å²) in [6, 6.07) is 7.53. The second-order valence-electron chi connectivity index (χ2n) is 4.32. The zero-order valence-electron chi connectivity index (χ0n) is 9.56. The molecule has 0 aliphatic rings. The van der Waals surface area contributed by atoms with Crippen molar-refractivity contribution in [2.75, 3.05) is 0 Å². The minimum absolute atomic E-state index is 0.0305. The van der Waals surface area contributed by atoms with Gasteiger partial charge in [-0.1, -0.05) is 38.1 Å². The van der Waals surface area contributed by atoms with Gasteiger partial charge in [0.15, 0.2) is 0 Å². The maximum absolute atomic E-state index is 11.0. The molecule has 1 aromatic carbocycles. The highest BCUT2D eigenvalue weighted by molar-refractivity contribution is 6.33. The minimum atomic E-state index is -1.37. The highest BCUT2D eigenvalue weighted by atomic mass is 16.4. The summed E-state index contributed by atoms with van der Waals surface area (Å²) in [6.07, 6.45) is 0.963. The van der Waals surface area contributed by atoms with E-state index in [2.05, 4.69) is 13.8 Å². The predicted molar refractivity (Wildman–Crippen MR) is 61.3 cm³/mol. The van der Waals surface area contributed by atoms with Gasteiger partial charge in [-0.05, 0) is 23.5 Å². The smallest absolute Gasteiger partial charge is 0.372 e. The summed E-state index contributed by atoms with van der Waals surface area (Å²) >= 11 is 0. The van der Waals surface area contributed by atoms with Gasteiger partial charge in [-0.3, -0.25) is 4.79 Å². The second-order valence-corrected chi connectivity index (χ2v) is 4.32. The van der Waals surface area contributed by atoms with Crippen LogP contribution in [0.1, 0.15) is 25.0 Å².